The van der Waals surface area contributed by atoms with E-state index < -0.39 is 9.73 Å². The Kier molecular flexibility index (Phi) is 3.41. The van der Waals surface area contributed by atoms with Crippen LogP contribution in [0.25, 0.3) is 0 Å². The van der Waals surface area contributed by atoms with Gasteiger partial charge in [-0.15, -0.1) is 0 Å². The first-order chi connectivity index (χ1) is 6.79. The third-order valence-corrected chi connectivity index (χ3v) is 5.18. The summed E-state index contributed by atoms with van der Waals surface area (Å²) in [5.74, 6) is 1.61. The van der Waals surface area contributed by atoms with E-state index in [0.717, 1.165) is 37.5 Å². The first kappa shape index (κ1) is 10.4. The van der Waals surface area contributed by atoms with Gasteiger partial charge >= 0.3 is 0 Å². The van der Waals surface area contributed by atoms with E-state index in [1.165, 1.54) is 0 Å². The van der Waals surface area contributed by atoms with Crippen molar-refractivity contribution in [2.75, 3.05) is 37.8 Å². The maximum atomic E-state index is 12.0. The first-order valence-corrected chi connectivity index (χ1v) is 7.13. The predicted molar refractivity (Wildman–Crippen MR) is 57.0 cm³/mol. The van der Waals surface area contributed by atoms with Crippen LogP contribution in [0.5, 0.6) is 0 Å². The van der Waals surface area contributed by atoms with Gasteiger partial charge in [0.2, 0.25) is 0 Å². The van der Waals surface area contributed by atoms with Crippen LogP contribution >= 0.6 is 0 Å². The second kappa shape index (κ2) is 4.59. The molecule has 2 aliphatic heterocycles. The van der Waals surface area contributed by atoms with Crippen molar-refractivity contribution in [1.82, 2.24) is 5.32 Å². The van der Waals surface area contributed by atoms with E-state index in [1.807, 2.05) is 0 Å². The molecule has 2 saturated heterocycles. The normalized spacial score (nSPS) is 31.6. The molecule has 0 bridgehead atoms. The zero-order valence-corrected chi connectivity index (χ0v) is 9.22. The Morgan fingerprint density at radius 1 is 1.43 bits per heavy atom. The van der Waals surface area contributed by atoms with Crippen LogP contribution in [0.1, 0.15) is 12.8 Å². The number of ether oxygens (including phenoxy) is 1. The highest BCUT2D eigenvalue weighted by Gasteiger charge is 2.18. The van der Waals surface area contributed by atoms with Crippen molar-refractivity contribution in [2.24, 2.45) is 4.36 Å². The number of hydrogen-bond acceptors (Lipinski definition) is 4. The lowest BCUT2D eigenvalue weighted by molar-refractivity contribution is 0.0797. The smallest absolute Gasteiger partial charge is 0.0660 e. The minimum absolute atomic E-state index is 0.280. The van der Waals surface area contributed by atoms with Gasteiger partial charge < -0.3 is 10.1 Å². The molecule has 4 nitrogen and oxygen atoms in total. The highest BCUT2D eigenvalue weighted by Crippen LogP contribution is 2.13. The average Bonchev–Trinajstić information content (AvgIpc) is 2.65. The minimum Gasteiger partial charge on any atom is -0.378 e. The average molecular weight is 218 g/mol. The Labute approximate surface area is 85.6 Å². The van der Waals surface area contributed by atoms with Gasteiger partial charge in [-0.25, -0.2) is 8.57 Å². The SMILES string of the molecule is O=S1(=NCC2COCCN2)CCCC1. The Bertz CT molecular complexity index is 279. The Morgan fingerprint density at radius 3 is 2.86 bits per heavy atom. The van der Waals surface area contributed by atoms with E-state index in [1.54, 1.807) is 0 Å². The van der Waals surface area contributed by atoms with Gasteiger partial charge in [0.25, 0.3) is 0 Å². The molecule has 0 amide bonds. The fourth-order valence-corrected chi connectivity index (χ4v) is 4.07. The molecule has 2 aliphatic rings. The van der Waals surface area contributed by atoms with Crippen molar-refractivity contribution in [3.05, 3.63) is 0 Å². The quantitative estimate of drug-likeness (QED) is 0.722. The van der Waals surface area contributed by atoms with Gasteiger partial charge in [-0.2, -0.15) is 0 Å². The molecule has 1 atom stereocenters. The van der Waals surface area contributed by atoms with Crippen molar-refractivity contribution >= 4 is 9.73 Å². The van der Waals surface area contributed by atoms with Crippen LogP contribution in [0.4, 0.5) is 0 Å². The Hall–Kier alpha value is -0.130. The van der Waals surface area contributed by atoms with Gasteiger partial charge in [0.05, 0.1) is 25.8 Å². The van der Waals surface area contributed by atoms with Crippen LogP contribution in [-0.2, 0) is 14.5 Å². The van der Waals surface area contributed by atoms with Crippen LogP contribution in [0.3, 0.4) is 0 Å². The molecule has 2 heterocycles. The summed E-state index contributed by atoms with van der Waals surface area (Å²) in [5.41, 5.74) is 0. The van der Waals surface area contributed by atoms with Crippen LogP contribution < -0.4 is 5.32 Å². The van der Waals surface area contributed by atoms with Gasteiger partial charge in [-0.05, 0) is 12.8 Å². The predicted octanol–water partition coefficient (Wildman–Crippen LogP) is 0.237. The molecule has 0 aromatic carbocycles. The number of morpholine rings is 1. The van der Waals surface area contributed by atoms with Gasteiger partial charge in [0.15, 0.2) is 0 Å². The lowest BCUT2D eigenvalue weighted by atomic mass is 10.3. The molecule has 0 radical (unpaired) electrons. The summed E-state index contributed by atoms with van der Waals surface area (Å²) in [6.07, 6.45) is 2.16. The molecule has 2 rings (SSSR count). The van der Waals surface area contributed by atoms with E-state index in [0.29, 0.717) is 13.2 Å². The summed E-state index contributed by atoms with van der Waals surface area (Å²) in [6, 6.07) is 0.280. The zero-order chi connectivity index (χ0) is 9.86. The largest absolute Gasteiger partial charge is 0.378 e. The molecule has 2 fully saturated rings. The van der Waals surface area contributed by atoms with Crippen LogP contribution in [0.2, 0.25) is 0 Å². The molecular formula is C9H18N2O2S. The summed E-state index contributed by atoms with van der Waals surface area (Å²) in [4.78, 5) is 0. The summed E-state index contributed by atoms with van der Waals surface area (Å²) >= 11 is 0. The number of rotatable bonds is 2. The van der Waals surface area contributed by atoms with Gasteiger partial charge in [0.1, 0.15) is 0 Å². The maximum Gasteiger partial charge on any atom is 0.0660 e. The van der Waals surface area contributed by atoms with E-state index in [2.05, 4.69) is 9.68 Å². The monoisotopic (exact) mass is 218 g/mol. The van der Waals surface area contributed by atoms with Crippen LogP contribution in [0, 0.1) is 0 Å². The second-order valence-corrected chi connectivity index (χ2v) is 6.55. The number of nitrogens with zero attached hydrogens (tertiary/aromatic N) is 1. The molecule has 1 unspecified atom stereocenters. The topological polar surface area (TPSA) is 50.7 Å². The fourth-order valence-electron chi connectivity index (χ4n) is 1.85. The molecule has 5 heteroatoms. The Balaban J connectivity index is 1.88. The standard InChI is InChI=1S/C9H18N2O2S/c12-14(5-1-2-6-14)11-7-9-8-13-4-3-10-9/h9-10H,1-8H2. The maximum absolute atomic E-state index is 12.0. The second-order valence-electron chi connectivity index (χ2n) is 3.93. The molecule has 0 aromatic heterocycles. The molecular weight excluding hydrogens is 200 g/mol. The first-order valence-electron chi connectivity index (χ1n) is 5.28. The lowest BCUT2D eigenvalue weighted by Crippen LogP contribution is -2.43. The molecule has 1 N–H and O–H groups in total. The molecule has 14 heavy (non-hydrogen) atoms. The highest BCUT2D eigenvalue weighted by molar-refractivity contribution is 7.93. The third kappa shape index (κ3) is 2.68. The van der Waals surface area contributed by atoms with Crippen molar-refractivity contribution in [1.29, 1.82) is 0 Å². The van der Waals surface area contributed by atoms with E-state index in [4.69, 9.17) is 4.74 Å². The Morgan fingerprint density at radius 2 is 2.21 bits per heavy atom. The summed E-state index contributed by atoms with van der Waals surface area (Å²) in [5, 5.41) is 3.32. The number of nitrogens with one attached hydrogen (secondary N) is 1. The highest BCUT2D eigenvalue weighted by atomic mass is 32.2. The van der Waals surface area contributed by atoms with Crippen LogP contribution in [-0.4, -0.2) is 48.1 Å². The van der Waals surface area contributed by atoms with Gasteiger partial charge in [0, 0.05) is 27.8 Å². The van der Waals surface area contributed by atoms with Gasteiger partial charge in [-0.1, -0.05) is 0 Å². The van der Waals surface area contributed by atoms with Crippen molar-refractivity contribution in [3.8, 4) is 0 Å². The third-order valence-electron chi connectivity index (χ3n) is 2.71. The number of hydrogen-bond donors (Lipinski definition) is 1. The lowest BCUT2D eigenvalue weighted by Gasteiger charge is -2.22. The van der Waals surface area contributed by atoms with E-state index >= 15 is 0 Å². The molecule has 0 saturated carbocycles. The summed E-state index contributed by atoms with van der Waals surface area (Å²) in [6.45, 7) is 3.03. The summed E-state index contributed by atoms with van der Waals surface area (Å²) < 4.78 is 21.7. The zero-order valence-electron chi connectivity index (χ0n) is 8.41. The van der Waals surface area contributed by atoms with Crippen molar-refractivity contribution in [2.45, 2.75) is 18.9 Å². The minimum atomic E-state index is -1.82. The molecule has 0 aromatic rings. The molecule has 0 spiro atoms. The van der Waals surface area contributed by atoms with E-state index in [9.17, 15) is 4.21 Å². The van der Waals surface area contributed by atoms with Gasteiger partial charge in [-0.3, -0.25) is 0 Å². The van der Waals surface area contributed by atoms with Crippen molar-refractivity contribution in [3.63, 3.8) is 0 Å². The fraction of sp³-hybridized carbons (Fsp3) is 1.00. The van der Waals surface area contributed by atoms with Crippen LogP contribution in [0.15, 0.2) is 4.36 Å². The van der Waals surface area contributed by atoms with Crippen molar-refractivity contribution < 1.29 is 8.95 Å². The van der Waals surface area contributed by atoms with E-state index in [-0.39, 0.29) is 6.04 Å². The molecule has 82 valence electrons. The summed E-state index contributed by atoms with van der Waals surface area (Å²) in [7, 11) is -1.82. The molecule has 0 aliphatic carbocycles.